The summed E-state index contributed by atoms with van der Waals surface area (Å²) in [5, 5.41) is 3.22. The smallest absolute Gasteiger partial charge is 0.317 e. The van der Waals surface area contributed by atoms with Gasteiger partial charge in [0.25, 0.3) is 0 Å². The van der Waals surface area contributed by atoms with E-state index in [1.54, 1.807) is 0 Å². The van der Waals surface area contributed by atoms with E-state index < -0.39 is 0 Å². The number of hydrogen-bond acceptors (Lipinski definition) is 5. The Kier molecular flexibility index (Phi) is 6.68. The summed E-state index contributed by atoms with van der Waals surface area (Å²) in [6, 6.07) is 4.12. The minimum absolute atomic E-state index is 0.0435. The molecule has 0 atom stereocenters. The second-order valence-corrected chi connectivity index (χ2v) is 8.23. The van der Waals surface area contributed by atoms with E-state index in [1.807, 2.05) is 17.2 Å². The summed E-state index contributed by atoms with van der Waals surface area (Å²) >= 11 is 0. The highest BCUT2D eigenvalue weighted by Gasteiger charge is 2.28. The quantitative estimate of drug-likeness (QED) is 0.841. The molecule has 0 aromatic carbocycles. The summed E-state index contributed by atoms with van der Waals surface area (Å²) in [5.74, 6) is 0. The molecule has 150 valence electrons. The number of aromatic nitrogens is 1. The van der Waals surface area contributed by atoms with Crippen molar-refractivity contribution in [1.82, 2.24) is 25.0 Å². The molecule has 7 heteroatoms. The molecular formula is C20H33N5O2. The summed E-state index contributed by atoms with van der Waals surface area (Å²) in [4.78, 5) is 23.9. The maximum absolute atomic E-state index is 12.7. The van der Waals surface area contributed by atoms with E-state index in [0.717, 1.165) is 71.3 Å². The summed E-state index contributed by atoms with van der Waals surface area (Å²) < 4.78 is 5.40. The van der Waals surface area contributed by atoms with E-state index in [0.29, 0.717) is 0 Å². The van der Waals surface area contributed by atoms with Crippen LogP contribution in [0.2, 0.25) is 0 Å². The van der Waals surface area contributed by atoms with E-state index in [1.165, 1.54) is 5.56 Å². The molecule has 1 aromatic rings. The first-order valence-corrected chi connectivity index (χ1v) is 9.93. The first kappa shape index (κ1) is 20.0. The number of pyridine rings is 1. The third-order valence-corrected chi connectivity index (χ3v) is 5.32. The van der Waals surface area contributed by atoms with Crippen molar-refractivity contribution in [3.63, 3.8) is 0 Å². The number of morpholine rings is 1. The number of urea groups is 1. The molecule has 0 saturated carbocycles. The monoisotopic (exact) mass is 375 g/mol. The lowest BCUT2D eigenvalue weighted by Crippen LogP contribution is -2.59. The lowest BCUT2D eigenvalue weighted by molar-refractivity contribution is 0.0272. The molecular weight excluding hydrogens is 342 g/mol. The van der Waals surface area contributed by atoms with Crippen molar-refractivity contribution < 1.29 is 9.53 Å². The van der Waals surface area contributed by atoms with Crippen LogP contribution in [0.5, 0.6) is 0 Å². The minimum Gasteiger partial charge on any atom is -0.379 e. The van der Waals surface area contributed by atoms with Crippen LogP contribution in [0.25, 0.3) is 0 Å². The van der Waals surface area contributed by atoms with Crippen LogP contribution in [-0.4, -0.2) is 90.3 Å². The van der Waals surface area contributed by atoms with Gasteiger partial charge in [-0.1, -0.05) is 6.07 Å². The standard InChI is InChI=1S/C20H33N5O2/c1-17-5-4-6-21-18(17)15-23-7-9-25(10-8-23)19(26)22-20(2,3)16-24-11-13-27-14-12-24/h4-6H,7-16H2,1-3H3,(H,22,26). The number of piperazine rings is 1. The molecule has 3 rings (SSSR count). The Balaban J connectivity index is 1.44. The Hall–Kier alpha value is -1.70. The predicted molar refractivity (Wildman–Crippen MR) is 106 cm³/mol. The molecule has 0 unspecified atom stereocenters. The fraction of sp³-hybridized carbons (Fsp3) is 0.700. The van der Waals surface area contributed by atoms with E-state index in [9.17, 15) is 4.79 Å². The van der Waals surface area contributed by atoms with E-state index in [2.05, 4.69) is 46.9 Å². The third kappa shape index (κ3) is 5.89. The molecule has 3 heterocycles. The first-order valence-electron chi connectivity index (χ1n) is 9.93. The minimum atomic E-state index is -0.253. The average Bonchev–Trinajstić information content (AvgIpc) is 2.64. The van der Waals surface area contributed by atoms with Crippen molar-refractivity contribution in [2.45, 2.75) is 32.9 Å². The van der Waals surface area contributed by atoms with Crippen molar-refractivity contribution in [2.75, 3.05) is 59.0 Å². The number of carbonyl (C=O) groups is 1. The maximum atomic E-state index is 12.7. The molecule has 1 aromatic heterocycles. The van der Waals surface area contributed by atoms with E-state index in [4.69, 9.17) is 4.74 Å². The van der Waals surface area contributed by atoms with Crippen molar-refractivity contribution in [3.8, 4) is 0 Å². The molecule has 1 N–H and O–H groups in total. The molecule has 7 nitrogen and oxygen atoms in total. The normalized spacial score (nSPS) is 19.9. The van der Waals surface area contributed by atoms with E-state index >= 15 is 0 Å². The van der Waals surface area contributed by atoms with E-state index in [-0.39, 0.29) is 11.6 Å². The number of aryl methyl sites for hydroxylation is 1. The number of rotatable bonds is 5. The fourth-order valence-corrected chi connectivity index (χ4v) is 3.73. The van der Waals surface area contributed by atoms with Gasteiger partial charge < -0.3 is 15.0 Å². The van der Waals surface area contributed by atoms with Gasteiger partial charge in [-0.2, -0.15) is 0 Å². The zero-order chi connectivity index (χ0) is 19.3. The van der Waals surface area contributed by atoms with Crippen LogP contribution >= 0.6 is 0 Å². The molecule has 0 spiro atoms. The predicted octanol–water partition coefficient (Wildman–Crippen LogP) is 1.33. The lowest BCUT2D eigenvalue weighted by atomic mass is 10.0. The van der Waals surface area contributed by atoms with Crippen molar-refractivity contribution in [2.24, 2.45) is 0 Å². The molecule has 27 heavy (non-hydrogen) atoms. The zero-order valence-corrected chi connectivity index (χ0v) is 16.9. The molecule has 2 aliphatic heterocycles. The Labute approximate surface area is 162 Å². The zero-order valence-electron chi connectivity index (χ0n) is 16.9. The Morgan fingerprint density at radius 3 is 2.52 bits per heavy atom. The average molecular weight is 376 g/mol. The number of amides is 2. The second kappa shape index (κ2) is 8.99. The Bertz CT molecular complexity index is 623. The van der Waals surface area contributed by atoms with Crippen LogP contribution in [0.15, 0.2) is 18.3 Å². The van der Waals surface area contributed by atoms with Crippen LogP contribution in [0.4, 0.5) is 4.79 Å². The van der Waals surface area contributed by atoms with Gasteiger partial charge in [0.15, 0.2) is 0 Å². The number of carbonyl (C=O) groups excluding carboxylic acids is 1. The van der Waals surface area contributed by atoms with Crippen molar-refractivity contribution in [1.29, 1.82) is 0 Å². The summed E-state index contributed by atoms with van der Waals surface area (Å²) in [6.07, 6.45) is 1.85. The van der Waals surface area contributed by atoms with Gasteiger partial charge in [0.1, 0.15) is 0 Å². The molecule has 2 fully saturated rings. The summed E-state index contributed by atoms with van der Waals surface area (Å²) in [7, 11) is 0. The summed E-state index contributed by atoms with van der Waals surface area (Å²) in [6.45, 7) is 14.7. The lowest BCUT2D eigenvalue weighted by Gasteiger charge is -2.39. The maximum Gasteiger partial charge on any atom is 0.317 e. The van der Waals surface area contributed by atoms with Gasteiger partial charge in [0.2, 0.25) is 0 Å². The topological polar surface area (TPSA) is 60.9 Å². The summed E-state index contributed by atoms with van der Waals surface area (Å²) in [5.41, 5.74) is 2.10. The second-order valence-electron chi connectivity index (χ2n) is 8.23. The fourth-order valence-electron chi connectivity index (χ4n) is 3.73. The van der Waals surface area contributed by atoms with Crippen LogP contribution in [0.3, 0.4) is 0 Å². The van der Waals surface area contributed by atoms with Crippen LogP contribution < -0.4 is 5.32 Å². The number of ether oxygens (including phenoxy) is 1. The molecule has 2 amide bonds. The third-order valence-electron chi connectivity index (χ3n) is 5.32. The molecule has 0 radical (unpaired) electrons. The highest BCUT2D eigenvalue weighted by Crippen LogP contribution is 2.12. The van der Waals surface area contributed by atoms with Gasteiger partial charge in [-0.15, -0.1) is 0 Å². The highest BCUT2D eigenvalue weighted by molar-refractivity contribution is 5.75. The number of hydrogen-bond donors (Lipinski definition) is 1. The highest BCUT2D eigenvalue weighted by atomic mass is 16.5. The molecule has 0 bridgehead atoms. The van der Waals surface area contributed by atoms with Crippen LogP contribution in [-0.2, 0) is 11.3 Å². The van der Waals surface area contributed by atoms with Gasteiger partial charge >= 0.3 is 6.03 Å². The first-order chi connectivity index (χ1) is 12.9. The molecule has 2 aliphatic rings. The number of nitrogens with one attached hydrogen (secondary N) is 1. The van der Waals surface area contributed by atoms with Gasteiger partial charge in [-0.25, -0.2) is 4.79 Å². The van der Waals surface area contributed by atoms with Gasteiger partial charge in [-0.3, -0.25) is 14.8 Å². The van der Waals surface area contributed by atoms with Crippen molar-refractivity contribution >= 4 is 6.03 Å². The Morgan fingerprint density at radius 2 is 1.85 bits per heavy atom. The van der Waals surface area contributed by atoms with Crippen LogP contribution in [0.1, 0.15) is 25.1 Å². The van der Waals surface area contributed by atoms with Gasteiger partial charge in [0.05, 0.1) is 18.9 Å². The SMILES string of the molecule is Cc1cccnc1CN1CCN(C(=O)NC(C)(C)CN2CCOCC2)CC1. The van der Waals surface area contributed by atoms with Crippen LogP contribution in [0, 0.1) is 6.92 Å². The Morgan fingerprint density at radius 1 is 1.15 bits per heavy atom. The number of nitrogens with zero attached hydrogens (tertiary/aromatic N) is 4. The molecule has 2 saturated heterocycles. The van der Waals surface area contributed by atoms with Crippen molar-refractivity contribution in [3.05, 3.63) is 29.6 Å². The molecule has 0 aliphatic carbocycles. The van der Waals surface area contributed by atoms with Gasteiger partial charge in [0, 0.05) is 64.1 Å². The van der Waals surface area contributed by atoms with Gasteiger partial charge in [-0.05, 0) is 32.4 Å². The largest absolute Gasteiger partial charge is 0.379 e.